The number of anilines is 2. The van der Waals surface area contributed by atoms with Crippen LogP contribution in [-0.2, 0) is 4.79 Å². The van der Waals surface area contributed by atoms with Crippen molar-refractivity contribution in [3.8, 4) is 0 Å². The van der Waals surface area contributed by atoms with Crippen LogP contribution in [0.1, 0.15) is 44.9 Å². The van der Waals surface area contributed by atoms with Crippen molar-refractivity contribution in [3.63, 3.8) is 0 Å². The Balaban J connectivity index is 2.15. The van der Waals surface area contributed by atoms with Gasteiger partial charge in [0.05, 0.1) is 0 Å². The molecular weight excluding hydrogens is 242 g/mol. The molecule has 1 aliphatic carbocycles. The highest BCUT2D eigenvalue weighted by molar-refractivity contribution is 5.82. The highest BCUT2D eigenvalue weighted by Crippen LogP contribution is 2.38. The first kappa shape index (κ1) is 13.6. The second-order valence-electron chi connectivity index (χ2n) is 4.97. The van der Waals surface area contributed by atoms with E-state index in [1.807, 2.05) is 6.07 Å². The van der Waals surface area contributed by atoms with E-state index in [2.05, 4.69) is 27.5 Å². The van der Waals surface area contributed by atoms with Crippen LogP contribution in [0, 0.1) is 0 Å². The van der Waals surface area contributed by atoms with Gasteiger partial charge in [0.1, 0.15) is 23.5 Å². The largest absolute Gasteiger partial charge is 0.370 e. The highest BCUT2D eigenvalue weighted by Gasteiger charge is 2.27. The lowest BCUT2D eigenvalue weighted by atomic mass is 10.3. The van der Waals surface area contributed by atoms with Crippen LogP contribution in [0.25, 0.3) is 0 Å². The standard InChI is InChI=1S/C13H21N5O/c1-3-6-15-10-7-11(16-8(2)12(14)19)18-13(17-10)9-4-5-9/h7-9H,3-6H2,1-2H3,(H2,14,19)(H2,15,16,17,18). The minimum absolute atomic E-state index is 0.394. The fourth-order valence-electron chi connectivity index (χ4n) is 1.70. The summed E-state index contributed by atoms with van der Waals surface area (Å²) in [5.74, 6) is 2.38. The zero-order valence-corrected chi connectivity index (χ0v) is 11.4. The molecule has 0 bridgehead atoms. The highest BCUT2D eigenvalue weighted by atomic mass is 16.1. The average molecular weight is 263 g/mol. The monoisotopic (exact) mass is 263 g/mol. The lowest BCUT2D eigenvalue weighted by molar-refractivity contribution is -0.118. The molecule has 1 aliphatic rings. The fraction of sp³-hybridized carbons (Fsp3) is 0.615. The number of rotatable bonds is 7. The molecule has 0 aromatic carbocycles. The van der Waals surface area contributed by atoms with Crippen LogP contribution in [0.3, 0.4) is 0 Å². The van der Waals surface area contributed by atoms with Crippen molar-refractivity contribution in [1.82, 2.24) is 9.97 Å². The summed E-state index contributed by atoms with van der Waals surface area (Å²) in [5, 5.41) is 6.27. The molecule has 0 spiro atoms. The maximum absolute atomic E-state index is 11.1. The van der Waals surface area contributed by atoms with Gasteiger partial charge in [-0.15, -0.1) is 0 Å². The minimum atomic E-state index is -0.444. The summed E-state index contributed by atoms with van der Waals surface area (Å²) in [5.41, 5.74) is 5.25. The molecular formula is C13H21N5O. The van der Waals surface area contributed by atoms with E-state index in [-0.39, 0.29) is 0 Å². The maximum Gasteiger partial charge on any atom is 0.239 e. The molecule has 19 heavy (non-hydrogen) atoms. The van der Waals surface area contributed by atoms with Crippen molar-refractivity contribution in [2.45, 2.75) is 45.1 Å². The number of primary amides is 1. The van der Waals surface area contributed by atoms with Gasteiger partial charge in [0.2, 0.25) is 5.91 Å². The SMILES string of the molecule is CCCNc1cc(NC(C)C(N)=O)nc(C2CC2)n1. The molecule has 2 rings (SSSR count). The Morgan fingerprint density at radius 1 is 1.47 bits per heavy atom. The second-order valence-corrected chi connectivity index (χ2v) is 4.97. The van der Waals surface area contributed by atoms with E-state index in [0.717, 1.165) is 37.4 Å². The van der Waals surface area contributed by atoms with Crippen LogP contribution in [0.2, 0.25) is 0 Å². The molecule has 1 aromatic rings. The Morgan fingerprint density at radius 2 is 2.16 bits per heavy atom. The van der Waals surface area contributed by atoms with Gasteiger partial charge < -0.3 is 16.4 Å². The molecule has 0 radical (unpaired) electrons. The number of nitrogens with two attached hydrogens (primary N) is 1. The van der Waals surface area contributed by atoms with Gasteiger partial charge in [-0.25, -0.2) is 9.97 Å². The maximum atomic E-state index is 11.1. The van der Waals surface area contributed by atoms with Gasteiger partial charge in [-0.2, -0.15) is 0 Å². The quantitative estimate of drug-likeness (QED) is 0.692. The van der Waals surface area contributed by atoms with Gasteiger partial charge >= 0.3 is 0 Å². The van der Waals surface area contributed by atoms with Crippen LogP contribution < -0.4 is 16.4 Å². The van der Waals surface area contributed by atoms with Crippen molar-refractivity contribution in [3.05, 3.63) is 11.9 Å². The Bertz CT molecular complexity index is 458. The average Bonchev–Trinajstić information content (AvgIpc) is 3.20. The number of nitrogens with zero attached hydrogens (tertiary/aromatic N) is 2. The van der Waals surface area contributed by atoms with Crippen molar-refractivity contribution in [2.24, 2.45) is 5.73 Å². The van der Waals surface area contributed by atoms with Crippen LogP contribution in [-0.4, -0.2) is 28.5 Å². The topological polar surface area (TPSA) is 92.9 Å². The second kappa shape index (κ2) is 5.86. The summed E-state index contributed by atoms with van der Waals surface area (Å²) >= 11 is 0. The van der Waals surface area contributed by atoms with Gasteiger partial charge in [-0.1, -0.05) is 6.92 Å². The molecule has 0 aliphatic heterocycles. The summed E-state index contributed by atoms with van der Waals surface area (Å²) in [7, 11) is 0. The molecule has 6 heteroatoms. The molecule has 0 saturated heterocycles. The number of carbonyl (C=O) groups excluding carboxylic acids is 1. The van der Waals surface area contributed by atoms with Crippen LogP contribution in [0.15, 0.2) is 6.07 Å². The number of carbonyl (C=O) groups is 1. The lowest BCUT2D eigenvalue weighted by Gasteiger charge is -2.13. The molecule has 1 amide bonds. The van der Waals surface area contributed by atoms with Crippen molar-refractivity contribution >= 4 is 17.5 Å². The van der Waals surface area contributed by atoms with Crippen LogP contribution >= 0.6 is 0 Å². The zero-order valence-electron chi connectivity index (χ0n) is 11.4. The molecule has 1 unspecified atom stereocenters. The molecule has 1 saturated carbocycles. The smallest absolute Gasteiger partial charge is 0.239 e. The molecule has 104 valence electrons. The Labute approximate surface area is 113 Å². The van der Waals surface area contributed by atoms with Crippen molar-refractivity contribution in [1.29, 1.82) is 0 Å². The third-order valence-electron chi connectivity index (χ3n) is 3.03. The van der Waals surface area contributed by atoms with E-state index in [4.69, 9.17) is 5.73 Å². The number of hydrogen-bond donors (Lipinski definition) is 3. The predicted molar refractivity (Wildman–Crippen MR) is 75.1 cm³/mol. The Hall–Kier alpha value is -1.85. The van der Waals surface area contributed by atoms with Gasteiger partial charge in [0.15, 0.2) is 0 Å². The summed E-state index contributed by atoms with van der Waals surface area (Å²) in [4.78, 5) is 20.1. The molecule has 1 fully saturated rings. The van der Waals surface area contributed by atoms with Gasteiger partial charge in [-0.05, 0) is 26.2 Å². The molecule has 6 nitrogen and oxygen atoms in total. The lowest BCUT2D eigenvalue weighted by Crippen LogP contribution is -2.32. The van der Waals surface area contributed by atoms with Crippen LogP contribution in [0.4, 0.5) is 11.6 Å². The van der Waals surface area contributed by atoms with Crippen molar-refractivity contribution in [2.75, 3.05) is 17.2 Å². The first-order chi connectivity index (χ1) is 9.10. The molecule has 4 N–H and O–H groups in total. The van der Waals surface area contributed by atoms with Crippen molar-refractivity contribution < 1.29 is 4.79 Å². The summed E-state index contributed by atoms with van der Waals surface area (Å²) < 4.78 is 0. The number of amides is 1. The van der Waals surface area contributed by atoms with E-state index in [9.17, 15) is 4.79 Å². The first-order valence-electron chi connectivity index (χ1n) is 6.79. The Morgan fingerprint density at radius 3 is 2.74 bits per heavy atom. The number of nitrogens with one attached hydrogen (secondary N) is 2. The fourth-order valence-corrected chi connectivity index (χ4v) is 1.70. The third kappa shape index (κ3) is 3.81. The van der Waals surface area contributed by atoms with E-state index in [1.165, 1.54) is 0 Å². The summed E-state index contributed by atoms with van der Waals surface area (Å²) in [6.07, 6.45) is 3.31. The van der Waals surface area contributed by atoms with E-state index in [1.54, 1.807) is 6.92 Å². The Kier molecular flexibility index (Phi) is 4.19. The first-order valence-corrected chi connectivity index (χ1v) is 6.79. The molecule has 1 heterocycles. The molecule has 1 atom stereocenters. The van der Waals surface area contributed by atoms with Gasteiger partial charge in [0.25, 0.3) is 0 Å². The van der Waals surface area contributed by atoms with E-state index >= 15 is 0 Å². The summed E-state index contributed by atoms with van der Waals surface area (Å²) in [6, 6.07) is 1.38. The zero-order chi connectivity index (χ0) is 13.8. The summed E-state index contributed by atoms with van der Waals surface area (Å²) in [6.45, 7) is 4.69. The van der Waals surface area contributed by atoms with Gasteiger partial charge in [0, 0.05) is 18.5 Å². The van der Waals surface area contributed by atoms with E-state index < -0.39 is 11.9 Å². The predicted octanol–water partition coefficient (Wildman–Crippen LogP) is 1.46. The number of hydrogen-bond acceptors (Lipinski definition) is 5. The van der Waals surface area contributed by atoms with Crippen LogP contribution in [0.5, 0.6) is 0 Å². The van der Waals surface area contributed by atoms with E-state index in [0.29, 0.717) is 11.7 Å². The van der Waals surface area contributed by atoms with Gasteiger partial charge in [-0.3, -0.25) is 4.79 Å². The minimum Gasteiger partial charge on any atom is -0.370 e. The normalized spacial score (nSPS) is 15.9. The molecule has 1 aromatic heterocycles. The third-order valence-corrected chi connectivity index (χ3v) is 3.03. The number of aromatic nitrogens is 2.